The van der Waals surface area contributed by atoms with Gasteiger partial charge in [0.1, 0.15) is 0 Å². The smallest absolute Gasteiger partial charge is 0.224 e. The van der Waals surface area contributed by atoms with Gasteiger partial charge in [-0.15, -0.1) is 0 Å². The molecule has 0 aromatic carbocycles. The Bertz CT molecular complexity index is 281. The lowest BCUT2D eigenvalue weighted by Crippen LogP contribution is -2.34. The highest BCUT2D eigenvalue weighted by molar-refractivity contribution is 5.76. The summed E-state index contributed by atoms with van der Waals surface area (Å²) >= 11 is 0. The molecule has 0 bridgehead atoms. The standard InChI is InChI=1S/C13H24N2O2/c1-9(2)17-6-5-13(16)15-7-10-3-4-12(14)11(10)8-15/h9-12H,3-8,14H2,1-2H3/t10-,11+,12+/m0/s1. The summed E-state index contributed by atoms with van der Waals surface area (Å²) in [5.74, 6) is 1.43. The van der Waals surface area contributed by atoms with Gasteiger partial charge in [0.25, 0.3) is 0 Å². The number of likely N-dealkylation sites (tertiary alicyclic amines) is 1. The van der Waals surface area contributed by atoms with Crippen LogP contribution >= 0.6 is 0 Å². The van der Waals surface area contributed by atoms with Crippen molar-refractivity contribution in [1.29, 1.82) is 0 Å². The minimum atomic E-state index is 0.203. The van der Waals surface area contributed by atoms with Crippen LogP contribution in [0.1, 0.15) is 33.1 Å². The maximum atomic E-state index is 12.0. The quantitative estimate of drug-likeness (QED) is 0.797. The maximum Gasteiger partial charge on any atom is 0.224 e. The summed E-state index contributed by atoms with van der Waals surface area (Å²) in [5.41, 5.74) is 6.06. The molecule has 1 saturated carbocycles. The zero-order valence-corrected chi connectivity index (χ0v) is 10.9. The average Bonchev–Trinajstić information content (AvgIpc) is 2.81. The molecule has 3 atom stereocenters. The van der Waals surface area contributed by atoms with Gasteiger partial charge in [0.2, 0.25) is 5.91 Å². The second-order valence-electron chi connectivity index (χ2n) is 5.63. The van der Waals surface area contributed by atoms with Crippen molar-refractivity contribution in [3.63, 3.8) is 0 Å². The number of carbonyl (C=O) groups is 1. The van der Waals surface area contributed by atoms with Crippen LogP contribution in [0.15, 0.2) is 0 Å². The largest absolute Gasteiger partial charge is 0.378 e. The zero-order chi connectivity index (χ0) is 12.4. The predicted octanol–water partition coefficient (Wildman–Crippen LogP) is 0.997. The van der Waals surface area contributed by atoms with Crippen molar-refractivity contribution in [2.75, 3.05) is 19.7 Å². The van der Waals surface area contributed by atoms with Gasteiger partial charge in [-0.3, -0.25) is 4.79 Å². The van der Waals surface area contributed by atoms with E-state index in [2.05, 4.69) is 0 Å². The normalized spacial score (nSPS) is 32.2. The van der Waals surface area contributed by atoms with Crippen LogP contribution in [-0.2, 0) is 9.53 Å². The Morgan fingerprint density at radius 1 is 1.41 bits per heavy atom. The highest BCUT2D eigenvalue weighted by atomic mass is 16.5. The van der Waals surface area contributed by atoms with E-state index in [1.807, 2.05) is 18.7 Å². The summed E-state index contributed by atoms with van der Waals surface area (Å²) in [6.07, 6.45) is 3.04. The lowest BCUT2D eigenvalue weighted by Gasteiger charge is -2.19. The topological polar surface area (TPSA) is 55.6 Å². The molecular weight excluding hydrogens is 216 g/mol. The SMILES string of the molecule is CC(C)OCCC(=O)N1C[C@@H]2CC[C@@H](N)[C@@H]2C1. The van der Waals surface area contributed by atoms with Crippen molar-refractivity contribution in [1.82, 2.24) is 4.90 Å². The molecule has 98 valence electrons. The van der Waals surface area contributed by atoms with Crippen molar-refractivity contribution in [2.24, 2.45) is 17.6 Å². The Labute approximate surface area is 103 Å². The van der Waals surface area contributed by atoms with E-state index in [9.17, 15) is 4.79 Å². The molecule has 17 heavy (non-hydrogen) atoms. The molecule has 4 heteroatoms. The molecule has 1 aliphatic carbocycles. The Morgan fingerprint density at radius 3 is 2.82 bits per heavy atom. The van der Waals surface area contributed by atoms with Crippen LogP contribution in [0.3, 0.4) is 0 Å². The molecule has 1 saturated heterocycles. The summed E-state index contributed by atoms with van der Waals surface area (Å²) in [6.45, 7) is 6.30. The van der Waals surface area contributed by atoms with Crippen molar-refractivity contribution in [3.05, 3.63) is 0 Å². The second kappa shape index (κ2) is 5.36. The van der Waals surface area contributed by atoms with E-state index in [-0.39, 0.29) is 12.0 Å². The summed E-state index contributed by atoms with van der Waals surface area (Å²) in [5, 5.41) is 0. The van der Waals surface area contributed by atoms with Gasteiger partial charge in [0.05, 0.1) is 19.1 Å². The fraction of sp³-hybridized carbons (Fsp3) is 0.923. The number of nitrogens with zero attached hydrogens (tertiary/aromatic N) is 1. The van der Waals surface area contributed by atoms with Gasteiger partial charge in [0.15, 0.2) is 0 Å². The third kappa shape index (κ3) is 2.99. The molecule has 1 amide bonds. The first-order valence-corrected chi connectivity index (χ1v) is 6.73. The van der Waals surface area contributed by atoms with E-state index in [4.69, 9.17) is 10.5 Å². The highest BCUT2D eigenvalue weighted by Gasteiger charge is 2.42. The van der Waals surface area contributed by atoms with E-state index in [1.165, 1.54) is 6.42 Å². The minimum absolute atomic E-state index is 0.203. The first-order chi connectivity index (χ1) is 8.08. The fourth-order valence-electron chi connectivity index (χ4n) is 3.05. The minimum Gasteiger partial charge on any atom is -0.378 e. The summed E-state index contributed by atoms with van der Waals surface area (Å²) < 4.78 is 5.41. The van der Waals surface area contributed by atoms with Crippen molar-refractivity contribution in [2.45, 2.75) is 45.3 Å². The highest BCUT2D eigenvalue weighted by Crippen LogP contribution is 2.37. The van der Waals surface area contributed by atoms with Gasteiger partial charge in [0, 0.05) is 19.1 Å². The molecule has 0 radical (unpaired) electrons. The molecule has 0 aromatic heterocycles. The van der Waals surface area contributed by atoms with Gasteiger partial charge < -0.3 is 15.4 Å². The third-order valence-corrected chi connectivity index (χ3v) is 4.03. The molecular formula is C13H24N2O2. The van der Waals surface area contributed by atoms with Crippen LogP contribution in [0.5, 0.6) is 0 Å². The van der Waals surface area contributed by atoms with Crippen molar-refractivity contribution in [3.8, 4) is 0 Å². The van der Waals surface area contributed by atoms with Crippen molar-refractivity contribution < 1.29 is 9.53 Å². The predicted molar refractivity (Wildman–Crippen MR) is 66.5 cm³/mol. The lowest BCUT2D eigenvalue weighted by atomic mass is 9.98. The molecule has 2 rings (SSSR count). The summed E-state index contributed by atoms with van der Waals surface area (Å²) in [6, 6.07) is 0.310. The number of carbonyl (C=O) groups excluding carboxylic acids is 1. The molecule has 2 aliphatic rings. The maximum absolute atomic E-state index is 12.0. The molecule has 2 N–H and O–H groups in total. The average molecular weight is 240 g/mol. The van der Waals surface area contributed by atoms with Gasteiger partial charge in [-0.1, -0.05) is 0 Å². The van der Waals surface area contributed by atoms with Crippen LogP contribution in [-0.4, -0.2) is 42.6 Å². The third-order valence-electron chi connectivity index (χ3n) is 4.03. The van der Waals surface area contributed by atoms with Gasteiger partial charge in [-0.25, -0.2) is 0 Å². The van der Waals surface area contributed by atoms with Crippen LogP contribution in [0.4, 0.5) is 0 Å². The van der Waals surface area contributed by atoms with Crippen molar-refractivity contribution >= 4 is 5.91 Å². The second-order valence-corrected chi connectivity index (χ2v) is 5.63. The van der Waals surface area contributed by atoms with Crippen LogP contribution in [0.25, 0.3) is 0 Å². The van der Waals surface area contributed by atoms with Gasteiger partial charge in [-0.2, -0.15) is 0 Å². The number of hydrogen-bond donors (Lipinski definition) is 1. The molecule has 0 aromatic rings. The first-order valence-electron chi connectivity index (χ1n) is 6.73. The molecule has 0 unspecified atom stereocenters. The zero-order valence-electron chi connectivity index (χ0n) is 10.9. The number of amides is 1. The molecule has 2 fully saturated rings. The Kier molecular flexibility index (Phi) is 4.05. The first kappa shape index (κ1) is 12.8. The van der Waals surface area contributed by atoms with E-state index in [0.717, 1.165) is 19.5 Å². The summed E-state index contributed by atoms with van der Waals surface area (Å²) in [7, 11) is 0. The Hall–Kier alpha value is -0.610. The number of fused-ring (bicyclic) bond motifs is 1. The molecule has 4 nitrogen and oxygen atoms in total. The number of ether oxygens (including phenoxy) is 1. The van der Waals surface area contributed by atoms with Gasteiger partial charge in [-0.05, 0) is 38.5 Å². The number of hydrogen-bond acceptors (Lipinski definition) is 3. The van der Waals surface area contributed by atoms with Crippen LogP contribution < -0.4 is 5.73 Å². The van der Waals surface area contributed by atoms with Crippen LogP contribution in [0, 0.1) is 11.8 Å². The monoisotopic (exact) mass is 240 g/mol. The molecule has 1 aliphatic heterocycles. The van der Waals surface area contributed by atoms with Gasteiger partial charge >= 0.3 is 0 Å². The van der Waals surface area contributed by atoms with E-state index in [1.54, 1.807) is 0 Å². The van der Waals surface area contributed by atoms with E-state index < -0.39 is 0 Å². The Balaban J connectivity index is 1.75. The van der Waals surface area contributed by atoms with E-state index in [0.29, 0.717) is 30.9 Å². The Morgan fingerprint density at radius 2 is 2.18 bits per heavy atom. The molecule has 0 spiro atoms. The summed E-state index contributed by atoms with van der Waals surface area (Å²) in [4.78, 5) is 14.0. The van der Waals surface area contributed by atoms with Crippen LogP contribution in [0.2, 0.25) is 0 Å². The van der Waals surface area contributed by atoms with E-state index >= 15 is 0 Å². The fourth-order valence-corrected chi connectivity index (χ4v) is 3.05. The number of nitrogens with two attached hydrogens (primary N) is 1. The molecule has 1 heterocycles. The lowest BCUT2D eigenvalue weighted by molar-refractivity contribution is -0.131. The number of rotatable bonds is 4.